The standard InChI is InChI=1S/C11H11ClF2O3/c1-2-16-10(15)8-3-5-9(6-4-8)17-7-11(12,13)14/h3-6H,2,7H2,1H3. The lowest BCUT2D eigenvalue weighted by Gasteiger charge is -2.10. The first-order chi connectivity index (χ1) is 7.92. The largest absolute Gasteiger partial charge is 0.486 e. The van der Waals surface area contributed by atoms with Crippen LogP contribution in [0.2, 0.25) is 0 Å². The fourth-order valence-corrected chi connectivity index (χ4v) is 1.12. The highest BCUT2D eigenvalue weighted by Gasteiger charge is 2.25. The maximum Gasteiger partial charge on any atom is 0.355 e. The second kappa shape index (κ2) is 5.82. The van der Waals surface area contributed by atoms with Crippen LogP contribution in [0.4, 0.5) is 8.78 Å². The fraction of sp³-hybridized carbons (Fsp3) is 0.364. The van der Waals surface area contributed by atoms with Crippen molar-refractivity contribution in [3.05, 3.63) is 29.8 Å². The van der Waals surface area contributed by atoms with Gasteiger partial charge in [-0.05, 0) is 42.8 Å². The number of rotatable bonds is 5. The van der Waals surface area contributed by atoms with Gasteiger partial charge in [-0.3, -0.25) is 0 Å². The number of esters is 1. The predicted molar refractivity (Wildman–Crippen MR) is 58.7 cm³/mol. The van der Waals surface area contributed by atoms with Crippen LogP contribution in [-0.2, 0) is 4.74 Å². The summed E-state index contributed by atoms with van der Waals surface area (Å²) in [6, 6.07) is 5.66. The van der Waals surface area contributed by atoms with Crippen molar-refractivity contribution < 1.29 is 23.0 Å². The van der Waals surface area contributed by atoms with E-state index in [1.807, 2.05) is 0 Å². The molecule has 0 fully saturated rings. The van der Waals surface area contributed by atoms with Crippen LogP contribution >= 0.6 is 11.6 Å². The van der Waals surface area contributed by atoms with Crippen molar-refractivity contribution in [1.82, 2.24) is 0 Å². The lowest BCUT2D eigenvalue weighted by Crippen LogP contribution is -2.17. The van der Waals surface area contributed by atoms with Gasteiger partial charge in [0.15, 0.2) is 6.61 Å². The minimum absolute atomic E-state index is 0.207. The molecular weight excluding hydrogens is 254 g/mol. The molecule has 1 rings (SSSR count). The third-order valence-electron chi connectivity index (χ3n) is 1.77. The van der Waals surface area contributed by atoms with E-state index in [1.165, 1.54) is 24.3 Å². The van der Waals surface area contributed by atoms with Crippen molar-refractivity contribution in [3.63, 3.8) is 0 Å². The minimum Gasteiger partial charge on any atom is -0.486 e. The summed E-state index contributed by atoms with van der Waals surface area (Å²) in [7, 11) is 0. The van der Waals surface area contributed by atoms with Gasteiger partial charge in [0, 0.05) is 0 Å². The molecule has 0 aromatic heterocycles. The molecule has 0 bridgehead atoms. The summed E-state index contributed by atoms with van der Waals surface area (Å²) in [6.45, 7) is 1.04. The number of benzene rings is 1. The van der Waals surface area contributed by atoms with E-state index in [9.17, 15) is 13.6 Å². The van der Waals surface area contributed by atoms with E-state index in [2.05, 4.69) is 11.6 Å². The number of halogens is 3. The SMILES string of the molecule is CCOC(=O)c1ccc(OCC(F)(F)Cl)cc1. The van der Waals surface area contributed by atoms with Gasteiger partial charge in [0.05, 0.1) is 12.2 Å². The summed E-state index contributed by atoms with van der Waals surface area (Å²) < 4.78 is 34.1. The summed E-state index contributed by atoms with van der Waals surface area (Å²) >= 11 is 4.67. The topological polar surface area (TPSA) is 35.5 Å². The van der Waals surface area contributed by atoms with Crippen LogP contribution in [-0.4, -0.2) is 24.6 Å². The Labute approximate surface area is 102 Å². The molecule has 1 aromatic rings. The number of ether oxygens (including phenoxy) is 2. The number of alkyl halides is 3. The molecule has 0 unspecified atom stereocenters. The Morgan fingerprint density at radius 1 is 1.35 bits per heavy atom. The first kappa shape index (κ1) is 13.7. The molecule has 0 N–H and O–H groups in total. The van der Waals surface area contributed by atoms with E-state index in [1.54, 1.807) is 6.92 Å². The predicted octanol–water partition coefficient (Wildman–Crippen LogP) is 3.07. The van der Waals surface area contributed by atoms with E-state index < -0.39 is 18.0 Å². The van der Waals surface area contributed by atoms with E-state index in [0.717, 1.165) is 0 Å². The first-order valence-electron chi connectivity index (χ1n) is 4.89. The molecule has 0 spiro atoms. The molecule has 0 saturated heterocycles. The van der Waals surface area contributed by atoms with Crippen molar-refractivity contribution in [3.8, 4) is 5.75 Å². The van der Waals surface area contributed by atoms with Crippen molar-refractivity contribution in [2.45, 2.75) is 12.3 Å². The molecule has 94 valence electrons. The molecule has 17 heavy (non-hydrogen) atoms. The third-order valence-corrected chi connectivity index (χ3v) is 1.88. The summed E-state index contributed by atoms with van der Waals surface area (Å²) in [4.78, 5) is 11.3. The fourth-order valence-electron chi connectivity index (χ4n) is 1.07. The second-order valence-electron chi connectivity index (χ2n) is 3.15. The highest BCUT2D eigenvalue weighted by atomic mass is 35.5. The summed E-state index contributed by atoms with van der Waals surface area (Å²) in [5.41, 5.74) is 0.330. The van der Waals surface area contributed by atoms with Gasteiger partial charge in [0.25, 0.3) is 0 Å². The molecule has 1 aromatic carbocycles. The third kappa shape index (κ3) is 4.99. The molecular formula is C11H11ClF2O3. The van der Waals surface area contributed by atoms with Gasteiger partial charge in [-0.1, -0.05) is 0 Å². The van der Waals surface area contributed by atoms with Crippen molar-refractivity contribution >= 4 is 17.6 Å². The molecule has 0 atom stereocenters. The Hall–Kier alpha value is -1.36. The van der Waals surface area contributed by atoms with E-state index in [4.69, 9.17) is 9.47 Å². The van der Waals surface area contributed by atoms with Gasteiger partial charge in [0.2, 0.25) is 0 Å². The monoisotopic (exact) mass is 264 g/mol. The number of hydrogen-bond acceptors (Lipinski definition) is 3. The van der Waals surface area contributed by atoms with Crippen LogP contribution in [0.15, 0.2) is 24.3 Å². The summed E-state index contributed by atoms with van der Waals surface area (Å²) in [5.74, 6) is -0.264. The molecule has 0 heterocycles. The molecule has 0 aliphatic rings. The summed E-state index contributed by atoms with van der Waals surface area (Å²) in [5, 5.41) is -3.40. The molecule has 0 aliphatic carbocycles. The van der Waals surface area contributed by atoms with Gasteiger partial charge < -0.3 is 9.47 Å². The quantitative estimate of drug-likeness (QED) is 0.606. The summed E-state index contributed by atoms with van der Waals surface area (Å²) in [6.07, 6.45) is 0. The van der Waals surface area contributed by atoms with E-state index in [0.29, 0.717) is 5.56 Å². The number of hydrogen-bond donors (Lipinski definition) is 0. The Kier molecular flexibility index (Phi) is 4.69. The van der Waals surface area contributed by atoms with Gasteiger partial charge in [0.1, 0.15) is 5.75 Å². The average molecular weight is 265 g/mol. The zero-order valence-corrected chi connectivity index (χ0v) is 9.84. The van der Waals surface area contributed by atoms with Gasteiger partial charge in [-0.15, -0.1) is 0 Å². The van der Waals surface area contributed by atoms with Crippen LogP contribution in [0.25, 0.3) is 0 Å². The average Bonchev–Trinajstić information content (AvgIpc) is 2.26. The van der Waals surface area contributed by atoms with Gasteiger partial charge in [-0.2, -0.15) is 8.78 Å². The molecule has 0 amide bonds. The smallest absolute Gasteiger partial charge is 0.355 e. The zero-order chi connectivity index (χ0) is 12.9. The van der Waals surface area contributed by atoms with Crippen molar-refractivity contribution in [2.75, 3.05) is 13.2 Å². The Bertz CT molecular complexity index is 373. The molecule has 6 heteroatoms. The van der Waals surface area contributed by atoms with Gasteiger partial charge in [-0.25, -0.2) is 4.79 Å². The van der Waals surface area contributed by atoms with Crippen molar-refractivity contribution in [2.24, 2.45) is 0 Å². The molecule has 0 aliphatic heterocycles. The lowest BCUT2D eigenvalue weighted by atomic mass is 10.2. The molecule has 0 radical (unpaired) electrons. The lowest BCUT2D eigenvalue weighted by molar-refractivity contribution is 0.0392. The highest BCUT2D eigenvalue weighted by molar-refractivity contribution is 6.21. The number of carbonyl (C=O) groups is 1. The zero-order valence-electron chi connectivity index (χ0n) is 9.08. The highest BCUT2D eigenvalue weighted by Crippen LogP contribution is 2.21. The van der Waals surface area contributed by atoms with Crippen LogP contribution in [0.1, 0.15) is 17.3 Å². The van der Waals surface area contributed by atoms with Crippen LogP contribution in [0, 0.1) is 0 Å². The van der Waals surface area contributed by atoms with Crippen molar-refractivity contribution in [1.29, 1.82) is 0 Å². The van der Waals surface area contributed by atoms with Crippen LogP contribution < -0.4 is 4.74 Å². The molecule has 3 nitrogen and oxygen atoms in total. The Morgan fingerprint density at radius 3 is 2.41 bits per heavy atom. The molecule has 0 saturated carbocycles. The number of carbonyl (C=O) groups excluding carboxylic acids is 1. The maximum absolute atomic E-state index is 12.3. The van der Waals surface area contributed by atoms with E-state index in [-0.39, 0.29) is 12.4 Å². The first-order valence-corrected chi connectivity index (χ1v) is 5.27. The van der Waals surface area contributed by atoms with Crippen LogP contribution in [0.3, 0.4) is 0 Å². The normalized spacial score (nSPS) is 11.1. The van der Waals surface area contributed by atoms with E-state index >= 15 is 0 Å². The van der Waals surface area contributed by atoms with Crippen LogP contribution in [0.5, 0.6) is 5.75 Å². The maximum atomic E-state index is 12.3. The van der Waals surface area contributed by atoms with Gasteiger partial charge >= 0.3 is 11.4 Å². The Balaban J connectivity index is 2.59. The minimum atomic E-state index is -3.40. The second-order valence-corrected chi connectivity index (χ2v) is 3.70. The Morgan fingerprint density at radius 2 is 1.94 bits per heavy atom.